The summed E-state index contributed by atoms with van der Waals surface area (Å²) in [5, 5.41) is 3.41. The highest BCUT2D eigenvalue weighted by Crippen LogP contribution is 2.41. The first kappa shape index (κ1) is 14.3. The fourth-order valence-corrected chi connectivity index (χ4v) is 6.10. The highest BCUT2D eigenvalue weighted by atomic mass is 32.2. The summed E-state index contributed by atoms with van der Waals surface area (Å²) in [6, 6.07) is 0. The van der Waals surface area contributed by atoms with Crippen molar-refractivity contribution >= 4 is 15.7 Å². The molecule has 3 unspecified atom stereocenters. The van der Waals surface area contributed by atoms with Gasteiger partial charge in [-0.05, 0) is 38.0 Å². The Morgan fingerprint density at radius 2 is 2.10 bits per heavy atom. The second kappa shape index (κ2) is 4.70. The molecule has 3 aliphatic rings. The van der Waals surface area contributed by atoms with Crippen LogP contribution >= 0.6 is 0 Å². The van der Waals surface area contributed by atoms with E-state index in [1.807, 2.05) is 4.90 Å². The number of fused-ring (bicyclic) bond motifs is 1. The molecule has 1 amide bonds. The van der Waals surface area contributed by atoms with Crippen LogP contribution in [0, 0.1) is 17.8 Å². The molecule has 0 aromatic heterocycles. The van der Waals surface area contributed by atoms with E-state index in [0.717, 1.165) is 19.6 Å². The number of sulfone groups is 1. The summed E-state index contributed by atoms with van der Waals surface area (Å²) in [6.07, 6.45) is 1.05. The quantitative estimate of drug-likeness (QED) is 0.795. The number of amides is 1. The van der Waals surface area contributed by atoms with Gasteiger partial charge in [-0.1, -0.05) is 0 Å². The minimum atomic E-state index is -2.89. The van der Waals surface area contributed by atoms with Crippen molar-refractivity contribution in [2.24, 2.45) is 17.8 Å². The molecule has 3 atom stereocenters. The van der Waals surface area contributed by atoms with E-state index in [1.165, 1.54) is 0 Å². The second-order valence-corrected chi connectivity index (χ2v) is 9.38. The van der Waals surface area contributed by atoms with Crippen molar-refractivity contribution < 1.29 is 13.2 Å². The molecule has 0 aromatic carbocycles. The van der Waals surface area contributed by atoms with E-state index in [1.54, 1.807) is 0 Å². The van der Waals surface area contributed by atoms with Gasteiger partial charge in [0.05, 0.1) is 11.5 Å². The Hall–Kier alpha value is -0.620. The number of rotatable bonds is 2. The molecule has 0 radical (unpaired) electrons. The molecule has 3 rings (SSSR count). The van der Waals surface area contributed by atoms with E-state index >= 15 is 0 Å². The van der Waals surface area contributed by atoms with Crippen molar-refractivity contribution in [2.45, 2.75) is 32.2 Å². The second-order valence-electron chi connectivity index (χ2n) is 7.16. The number of nitrogens with zero attached hydrogens (tertiary/aromatic N) is 1. The van der Waals surface area contributed by atoms with Crippen molar-refractivity contribution in [1.82, 2.24) is 10.2 Å². The first-order chi connectivity index (χ1) is 9.29. The maximum atomic E-state index is 12.6. The Morgan fingerprint density at radius 1 is 1.35 bits per heavy atom. The normalized spacial score (nSPS) is 38.1. The van der Waals surface area contributed by atoms with Gasteiger partial charge in [-0.3, -0.25) is 4.79 Å². The average molecular weight is 300 g/mol. The summed E-state index contributed by atoms with van der Waals surface area (Å²) in [5.41, 5.74) is -0.108. The molecule has 5 nitrogen and oxygen atoms in total. The van der Waals surface area contributed by atoms with Gasteiger partial charge < -0.3 is 10.2 Å². The van der Waals surface area contributed by atoms with Gasteiger partial charge in [0.15, 0.2) is 9.84 Å². The molecular formula is C14H24N2O3S. The lowest BCUT2D eigenvalue weighted by Gasteiger charge is -2.36. The SMILES string of the molecule is CC1(C)C2CNCC2CN1C(=O)CC1CCS(=O)(=O)C1. The summed E-state index contributed by atoms with van der Waals surface area (Å²) >= 11 is 0. The maximum absolute atomic E-state index is 12.6. The van der Waals surface area contributed by atoms with Crippen molar-refractivity contribution in [2.75, 3.05) is 31.1 Å². The van der Waals surface area contributed by atoms with Crippen LogP contribution in [-0.2, 0) is 14.6 Å². The maximum Gasteiger partial charge on any atom is 0.223 e. The molecule has 3 aliphatic heterocycles. The number of carbonyl (C=O) groups excluding carboxylic acids is 1. The molecule has 0 saturated carbocycles. The molecule has 20 heavy (non-hydrogen) atoms. The van der Waals surface area contributed by atoms with Gasteiger partial charge >= 0.3 is 0 Å². The standard InChI is InChI=1S/C14H24N2O3S/c1-14(2)12-7-15-6-11(12)8-16(14)13(17)5-10-3-4-20(18,19)9-10/h10-12,15H,3-9H2,1-2H3. The van der Waals surface area contributed by atoms with E-state index in [9.17, 15) is 13.2 Å². The average Bonchev–Trinajstić information content (AvgIpc) is 2.97. The Bertz CT molecular complexity index is 515. The first-order valence-electron chi connectivity index (χ1n) is 7.51. The molecule has 3 saturated heterocycles. The Balaban J connectivity index is 1.66. The van der Waals surface area contributed by atoms with E-state index < -0.39 is 9.84 Å². The predicted octanol–water partition coefficient (Wildman–Crippen LogP) is 0.268. The Kier molecular flexibility index (Phi) is 3.36. The number of hydrogen-bond donors (Lipinski definition) is 1. The number of carbonyl (C=O) groups is 1. The van der Waals surface area contributed by atoms with E-state index in [0.29, 0.717) is 24.7 Å². The first-order valence-corrected chi connectivity index (χ1v) is 9.33. The molecule has 114 valence electrons. The van der Waals surface area contributed by atoms with Crippen LogP contribution in [-0.4, -0.2) is 55.9 Å². The third-order valence-electron chi connectivity index (χ3n) is 5.45. The van der Waals surface area contributed by atoms with Crippen LogP contribution < -0.4 is 5.32 Å². The molecule has 0 aliphatic carbocycles. The lowest BCUT2D eigenvalue weighted by Crippen LogP contribution is -2.48. The van der Waals surface area contributed by atoms with Crippen molar-refractivity contribution in [3.05, 3.63) is 0 Å². The number of nitrogens with one attached hydrogen (secondary N) is 1. The molecule has 1 N–H and O–H groups in total. The molecule has 0 bridgehead atoms. The van der Waals surface area contributed by atoms with Gasteiger partial charge in [0.1, 0.15) is 0 Å². The summed E-state index contributed by atoms with van der Waals surface area (Å²) in [6.45, 7) is 7.10. The Labute approximate surface area is 121 Å². The number of likely N-dealkylation sites (tertiary alicyclic amines) is 1. The van der Waals surface area contributed by atoms with E-state index in [-0.39, 0.29) is 28.9 Å². The molecule has 3 fully saturated rings. The third-order valence-corrected chi connectivity index (χ3v) is 7.29. The van der Waals surface area contributed by atoms with Gasteiger partial charge in [-0.2, -0.15) is 0 Å². The smallest absolute Gasteiger partial charge is 0.223 e. The van der Waals surface area contributed by atoms with Crippen LogP contribution in [0.3, 0.4) is 0 Å². The third kappa shape index (κ3) is 2.37. The van der Waals surface area contributed by atoms with Crippen molar-refractivity contribution in [3.63, 3.8) is 0 Å². The van der Waals surface area contributed by atoms with Gasteiger partial charge in [-0.15, -0.1) is 0 Å². The van der Waals surface area contributed by atoms with Gasteiger partial charge in [0, 0.05) is 31.6 Å². The Morgan fingerprint density at radius 3 is 2.70 bits per heavy atom. The van der Waals surface area contributed by atoms with E-state index in [2.05, 4.69) is 19.2 Å². The molecule has 0 spiro atoms. The zero-order valence-electron chi connectivity index (χ0n) is 12.3. The predicted molar refractivity (Wildman–Crippen MR) is 77.0 cm³/mol. The highest BCUT2D eigenvalue weighted by molar-refractivity contribution is 7.91. The molecule has 3 heterocycles. The minimum absolute atomic E-state index is 0.0295. The van der Waals surface area contributed by atoms with Gasteiger partial charge in [-0.25, -0.2) is 8.42 Å². The van der Waals surface area contributed by atoms with Crippen LogP contribution in [0.1, 0.15) is 26.7 Å². The lowest BCUT2D eigenvalue weighted by molar-refractivity contribution is -0.136. The molecule has 0 aromatic rings. The largest absolute Gasteiger partial charge is 0.337 e. The van der Waals surface area contributed by atoms with Crippen LogP contribution in [0.4, 0.5) is 0 Å². The summed E-state index contributed by atoms with van der Waals surface area (Å²) in [7, 11) is -2.89. The van der Waals surface area contributed by atoms with Crippen LogP contribution in [0.15, 0.2) is 0 Å². The van der Waals surface area contributed by atoms with Crippen LogP contribution in [0.5, 0.6) is 0 Å². The monoisotopic (exact) mass is 300 g/mol. The van der Waals surface area contributed by atoms with Crippen molar-refractivity contribution in [3.8, 4) is 0 Å². The van der Waals surface area contributed by atoms with Crippen LogP contribution in [0.25, 0.3) is 0 Å². The van der Waals surface area contributed by atoms with Gasteiger partial charge in [0.2, 0.25) is 5.91 Å². The highest BCUT2D eigenvalue weighted by Gasteiger charge is 2.51. The minimum Gasteiger partial charge on any atom is -0.337 e. The zero-order chi connectivity index (χ0) is 14.5. The lowest BCUT2D eigenvalue weighted by atomic mass is 9.84. The van der Waals surface area contributed by atoms with Crippen LogP contribution in [0.2, 0.25) is 0 Å². The summed E-state index contributed by atoms with van der Waals surface area (Å²) in [4.78, 5) is 14.6. The summed E-state index contributed by atoms with van der Waals surface area (Å²) < 4.78 is 23.0. The van der Waals surface area contributed by atoms with Gasteiger partial charge in [0.25, 0.3) is 0 Å². The topological polar surface area (TPSA) is 66.5 Å². The molecule has 6 heteroatoms. The molecular weight excluding hydrogens is 276 g/mol. The van der Waals surface area contributed by atoms with Crippen molar-refractivity contribution in [1.29, 1.82) is 0 Å². The van der Waals surface area contributed by atoms with E-state index in [4.69, 9.17) is 0 Å². The zero-order valence-corrected chi connectivity index (χ0v) is 13.1. The fourth-order valence-electron chi connectivity index (χ4n) is 4.23. The summed E-state index contributed by atoms with van der Waals surface area (Å²) in [5.74, 6) is 1.71. The fraction of sp³-hybridized carbons (Fsp3) is 0.929. The number of hydrogen-bond acceptors (Lipinski definition) is 4.